The van der Waals surface area contributed by atoms with Gasteiger partial charge in [-0.15, -0.1) is 0 Å². The molecule has 0 saturated carbocycles. The van der Waals surface area contributed by atoms with E-state index < -0.39 is 16.1 Å². The average molecular weight is 593 g/mol. The molecule has 41 heavy (non-hydrogen) atoms. The van der Waals surface area contributed by atoms with Crippen LogP contribution in [0.2, 0.25) is 0 Å². The fourth-order valence-corrected chi connectivity index (χ4v) is 5.95. The van der Waals surface area contributed by atoms with E-state index in [9.17, 15) is 18.0 Å². The zero-order valence-corrected chi connectivity index (χ0v) is 24.0. The van der Waals surface area contributed by atoms with Crippen molar-refractivity contribution in [3.63, 3.8) is 0 Å². The molecule has 2 N–H and O–H groups in total. The number of anilines is 1. The molecule has 2 fully saturated rings. The maximum absolute atomic E-state index is 12.5. The zero-order valence-electron chi connectivity index (χ0n) is 22.4. The fourth-order valence-electron chi connectivity index (χ4n) is 3.96. The lowest BCUT2D eigenvalue weighted by molar-refractivity contribution is -0.117. The molecule has 2 saturated heterocycles. The average Bonchev–Trinajstić information content (AvgIpc) is 3.43. The minimum absolute atomic E-state index is 0.267. The first-order chi connectivity index (χ1) is 19.7. The first kappa shape index (κ1) is 28.2. The van der Waals surface area contributed by atoms with Crippen LogP contribution in [0.1, 0.15) is 25.0 Å². The number of carbonyl (C=O) groups excluding carboxylic acids is 2. The van der Waals surface area contributed by atoms with Gasteiger partial charge >= 0.3 is 10.2 Å². The van der Waals surface area contributed by atoms with Crippen LogP contribution in [0.4, 0.5) is 11.4 Å². The Morgan fingerprint density at radius 2 is 1.73 bits per heavy atom. The molecular weight excluding hydrogens is 564 g/mol. The normalized spacial score (nSPS) is 18.2. The van der Waals surface area contributed by atoms with Crippen LogP contribution in [0, 0.1) is 5.92 Å². The van der Waals surface area contributed by atoms with Crippen molar-refractivity contribution in [1.29, 1.82) is 0 Å². The van der Waals surface area contributed by atoms with Crippen molar-refractivity contribution in [3.8, 4) is 11.5 Å². The van der Waals surface area contributed by atoms with Crippen LogP contribution in [0.3, 0.4) is 0 Å². The van der Waals surface area contributed by atoms with Gasteiger partial charge in [-0.25, -0.2) is 14.0 Å². The van der Waals surface area contributed by atoms with E-state index in [1.807, 2.05) is 53.3 Å². The van der Waals surface area contributed by atoms with Crippen LogP contribution in [0.15, 0.2) is 82.7 Å². The van der Waals surface area contributed by atoms with Crippen LogP contribution in [-0.2, 0) is 26.4 Å². The lowest BCUT2D eigenvalue weighted by Gasteiger charge is -2.14. The highest BCUT2D eigenvalue weighted by atomic mass is 32.2. The highest BCUT2D eigenvalue weighted by molar-refractivity contribution is 8.18. The van der Waals surface area contributed by atoms with Gasteiger partial charge in [-0.3, -0.25) is 9.59 Å². The smallest absolute Gasteiger partial charge is 0.326 e. The van der Waals surface area contributed by atoms with Gasteiger partial charge in [0, 0.05) is 5.56 Å². The number of carbonyl (C=O) groups is 2. The Morgan fingerprint density at radius 1 is 1.00 bits per heavy atom. The molecule has 0 spiro atoms. The summed E-state index contributed by atoms with van der Waals surface area (Å²) in [7, 11) is -3.88. The number of nitrogens with zero attached hydrogens (tertiary/aromatic N) is 2. The third kappa shape index (κ3) is 7.08. The SMILES string of the molecule is CC(C)COc1ccccc1COc1ccc(/C=C2/SC(=Nc3ccc(N4CC(=O)NS4(=O)=O)cc3)NC2=O)cc1. The maximum Gasteiger partial charge on any atom is 0.326 e. The molecule has 0 atom stereocenters. The van der Waals surface area contributed by atoms with Gasteiger partial charge in [0.05, 0.1) is 22.9 Å². The summed E-state index contributed by atoms with van der Waals surface area (Å²) in [6.45, 7) is 4.94. The van der Waals surface area contributed by atoms with Crippen molar-refractivity contribution in [2.24, 2.45) is 10.9 Å². The highest BCUT2D eigenvalue weighted by Crippen LogP contribution is 2.30. The van der Waals surface area contributed by atoms with Gasteiger partial charge in [-0.1, -0.05) is 44.2 Å². The van der Waals surface area contributed by atoms with Gasteiger partial charge in [0.15, 0.2) is 5.17 Å². The third-order valence-electron chi connectivity index (χ3n) is 5.96. The number of thioether (sulfide) groups is 1. The predicted molar refractivity (Wildman–Crippen MR) is 159 cm³/mol. The van der Waals surface area contributed by atoms with E-state index in [0.29, 0.717) is 46.3 Å². The monoisotopic (exact) mass is 592 g/mol. The van der Waals surface area contributed by atoms with Gasteiger partial charge in [-0.2, -0.15) is 8.42 Å². The number of amidine groups is 1. The minimum atomic E-state index is -3.88. The Hall–Kier alpha value is -4.29. The molecule has 10 nitrogen and oxygen atoms in total. The molecule has 0 bridgehead atoms. The summed E-state index contributed by atoms with van der Waals surface area (Å²) in [5.74, 6) is 1.08. The molecule has 12 heteroatoms. The molecule has 0 aromatic heterocycles. The summed E-state index contributed by atoms with van der Waals surface area (Å²) in [4.78, 5) is 28.9. The van der Waals surface area contributed by atoms with Crippen LogP contribution in [-0.4, -0.2) is 38.6 Å². The number of amides is 2. The molecular formula is C29H28N4O6S2. The van der Waals surface area contributed by atoms with E-state index in [1.165, 1.54) is 11.8 Å². The molecule has 0 radical (unpaired) electrons. The standard InChI is InChI=1S/C29H28N4O6S2/c1-19(2)17-39-25-6-4-3-5-21(25)18-38-24-13-7-20(8-14-24)15-26-28(35)31-29(40-26)30-22-9-11-23(12-10-22)33-16-27(34)32-41(33,36)37/h3-15,19H,16-18H2,1-2H3,(H,32,34)(H,30,31,35)/b26-15+. The first-order valence-electron chi connectivity index (χ1n) is 12.8. The van der Waals surface area contributed by atoms with Crippen molar-refractivity contribution >= 4 is 56.4 Å². The Morgan fingerprint density at radius 3 is 2.41 bits per heavy atom. The topological polar surface area (TPSA) is 126 Å². The zero-order chi connectivity index (χ0) is 29.0. The second-order valence-corrected chi connectivity index (χ2v) is 12.3. The quantitative estimate of drug-likeness (QED) is 0.353. The van der Waals surface area contributed by atoms with Crippen LogP contribution in [0.25, 0.3) is 6.08 Å². The summed E-state index contributed by atoms with van der Waals surface area (Å²) in [6.07, 6.45) is 1.77. The predicted octanol–water partition coefficient (Wildman–Crippen LogP) is 4.37. The van der Waals surface area contributed by atoms with Gasteiger partial charge in [0.2, 0.25) is 0 Å². The fraction of sp³-hybridized carbons (Fsp3) is 0.207. The highest BCUT2D eigenvalue weighted by Gasteiger charge is 2.33. The number of benzene rings is 3. The van der Waals surface area contributed by atoms with Crippen LogP contribution < -0.4 is 23.8 Å². The first-order valence-corrected chi connectivity index (χ1v) is 15.1. The number of para-hydroxylation sites is 1. The summed E-state index contributed by atoms with van der Waals surface area (Å²) in [6, 6.07) is 21.6. The number of hydrogen-bond donors (Lipinski definition) is 2. The van der Waals surface area contributed by atoms with Crippen molar-refractivity contribution in [1.82, 2.24) is 10.0 Å². The summed E-state index contributed by atoms with van der Waals surface area (Å²) in [5.41, 5.74) is 2.66. The van der Waals surface area contributed by atoms with Crippen LogP contribution >= 0.6 is 11.8 Å². The molecule has 2 heterocycles. The second kappa shape index (κ2) is 12.1. The second-order valence-electron chi connectivity index (χ2n) is 9.71. The molecule has 2 aliphatic rings. The van der Waals surface area contributed by atoms with E-state index >= 15 is 0 Å². The van der Waals surface area contributed by atoms with Crippen LogP contribution in [0.5, 0.6) is 11.5 Å². The van der Waals surface area contributed by atoms with E-state index in [4.69, 9.17) is 9.47 Å². The Balaban J connectivity index is 1.20. The molecule has 0 unspecified atom stereocenters. The Kier molecular flexibility index (Phi) is 8.31. The largest absolute Gasteiger partial charge is 0.493 e. The summed E-state index contributed by atoms with van der Waals surface area (Å²) < 4.78 is 38.8. The summed E-state index contributed by atoms with van der Waals surface area (Å²) >= 11 is 1.20. The number of nitrogens with one attached hydrogen (secondary N) is 2. The van der Waals surface area contributed by atoms with Gasteiger partial charge in [-0.05, 0) is 71.8 Å². The van der Waals surface area contributed by atoms with Gasteiger partial charge < -0.3 is 14.8 Å². The lowest BCUT2D eigenvalue weighted by atomic mass is 10.2. The van der Waals surface area contributed by atoms with Crippen molar-refractivity contribution < 1.29 is 27.5 Å². The van der Waals surface area contributed by atoms with Gasteiger partial charge in [0.1, 0.15) is 24.7 Å². The Labute approximate surface area is 242 Å². The molecule has 212 valence electrons. The molecule has 0 aliphatic carbocycles. The minimum Gasteiger partial charge on any atom is -0.493 e. The maximum atomic E-state index is 12.5. The molecule has 5 rings (SSSR count). The third-order valence-corrected chi connectivity index (χ3v) is 8.27. The lowest BCUT2D eigenvalue weighted by Crippen LogP contribution is -2.29. The summed E-state index contributed by atoms with van der Waals surface area (Å²) in [5, 5.41) is 3.14. The molecule has 2 aliphatic heterocycles. The van der Waals surface area contributed by atoms with Crippen molar-refractivity contribution in [2.45, 2.75) is 20.5 Å². The van der Waals surface area contributed by atoms with E-state index in [0.717, 1.165) is 21.2 Å². The molecule has 3 aromatic carbocycles. The number of hydrogen-bond acceptors (Lipinski definition) is 8. The van der Waals surface area contributed by atoms with E-state index in [1.54, 1.807) is 30.3 Å². The van der Waals surface area contributed by atoms with Crippen molar-refractivity contribution in [3.05, 3.63) is 88.8 Å². The van der Waals surface area contributed by atoms with Gasteiger partial charge in [0.25, 0.3) is 11.8 Å². The Bertz CT molecular complexity index is 1620. The number of aliphatic imine (C=N–C) groups is 1. The van der Waals surface area contributed by atoms with E-state index in [-0.39, 0.29) is 12.5 Å². The van der Waals surface area contributed by atoms with E-state index in [2.05, 4.69) is 24.2 Å². The van der Waals surface area contributed by atoms with Crippen molar-refractivity contribution in [2.75, 3.05) is 17.5 Å². The molecule has 2 amide bonds. The number of ether oxygens (including phenoxy) is 2. The molecule has 3 aromatic rings. The number of rotatable bonds is 9.